The number of rotatable bonds is 2. The third kappa shape index (κ3) is 1.79. The molecule has 1 amide bonds. The van der Waals surface area contributed by atoms with Crippen molar-refractivity contribution in [3.63, 3.8) is 0 Å². The summed E-state index contributed by atoms with van der Waals surface area (Å²) >= 11 is 0. The van der Waals surface area contributed by atoms with E-state index in [1.54, 1.807) is 6.07 Å². The molecule has 0 unspecified atom stereocenters. The largest absolute Gasteiger partial charge is 0.411 e. The second-order valence-corrected chi connectivity index (χ2v) is 1.94. The summed E-state index contributed by atoms with van der Waals surface area (Å²) in [5.41, 5.74) is 4.92. The summed E-state index contributed by atoms with van der Waals surface area (Å²) in [6.07, 6.45) is 0.938. The third-order valence-corrected chi connectivity index (χ3v) is 1.12. The van der Waals surface area contributed by atoms with Gasteiger partial charge in [-0.2, -0.15) is 0 Å². The van der Waals surface area contributed by atoms with Crippen molar-refractivity contribution in [2.24, 2.45) is 5.73 Å². The van der Waals surface area contributed by atoms with Crippen LogP contribution in [-0.4, -0.2) is 17.4 Å². The van der Waals surface area contributed by atoms with E-state index in [9.17, 15) is 9.59 Å². The highest BCUT2D eigenvalue weighted by molar-refractivity contribution is 5.80. The maximum Gasteiger partial charge on any atom is 0.411 e. The topological polar surface area (TPSA) is 82.3 Å². The molecule has 1 aromatic rings. The minimum Gasteiger partial charge on any atom is -0.391 e. The van der Waals surface area contributed by atoms with Gasteiger partial charge in [-0.15, -0.1) is 0 Å². The Kier molecular flexibility index (Phi) is 2.37. The van der Waals surface area contributed by atoms with Gasteiger partial charge in [0.1, 0.15) is 0 Å². The first kappa shape index (κ1) is 8.19. The van der Waals surface area contributed by atoms with Gasteiger partial charge in [0.05, 0.1) is 5.56 Å². The molecular weight excluding hydrogens is 160 g/mol. The van der Waals surface area contributed by atoms with Gasteiger partial charge in [-0.1, -0.05) is 0 Å². The first-order chi connectivity index (χ1) is 5.74. The summed E-state index contributed by atoms with van der Waals surface area (Å²) < 4.78 is 4.43. The highest BCUT2D eigenvalue weighted by Crippen LogP contribution is 2.10. The smallest absolute Gasteiger partial charge is 0.391 e. The van der Waals surface area contributed by atoms with Crippen LogP contribution in [0.4, 0.5) is 4.79 Å². The van der Waals surface area contributed by atoms with Gasteiger partial charge in [-0.3, -0.25) is 4.79 Å². The lowest BCUT2D eigenvalue weighted by molar-refractivity contribution is 0.112. The average molecular weight is 166 g/mol. The Labute approximate surface area is 68.2 Å². The Balaban J connectivity index is 2.96. The van der Waals surface area contributed by atoms with Gasteiger partial charge in [-0.05, 0) is 12.1 Å². The van der Waals surface area contributed by atoms with Crippen molar-refractivity contribution < 1.29 is 14.3 Å². The van der Waals surface area contributed by atoms with Crippen LogP contribution >= 0.6 is 0 Å². The monoisotopic (exact) mass is 166 g/mol. The third-order valence-electron chi connectivity index (χ3n) is 1.12. The van der Waals surface area contributed by atoms with E-state index in [2.05, 4.69) is 9.72 Å². The van der Waals surface area contributed by atoms with E-state index in [1.807, 2.05) is 0 Å². The fourth-order valence-electron chi connectivity index (χ4n) is 0.674. The van der Waals surface area contributed by atoms with Crippen LogP contribution in [0.1, 0.15) is 10.4 Å². The number of hydrogen-bond acceptors (Lipinski definition) is 4. The van der Waals surface area contributed by atoms with E-state index in [4.69, 9.17) is 5.73 Å². The van der Waals surface area contributed by atoms with Gasteiger partial charge >= 0.3 is 6.09 Å². The van der Waals surface area contributed by atoms with E-state index in [1.165, 1.54) is 12.3 Å². The van der Waals surface area contributed by atoms with Crippen molar-refractivity contribution in [2.45, 2.75) is 0 Å². The predicted octanol–water partition coefficient (Wildman–Crippen LogP) is 0.352. The van der Waals surface area contributed by atoms with Crippen molar-refractivity contribution >= 4 is 12.4 Å². The van der Waals surface area contributed by atoms with Crippen molar-refractivity contribution in [3.8, 4) is 5.88 Å². The van der Waals surface area contributed by atoms with Crippen molar-refractivity contribution in [3.05, 3.63) is 23.9 Å². The molecule has 12 heavy (non-hydrogen) atoms. The van der Waals surface area contributed by atoms with Crippen molar-refractivity contribution in [1.82, 2.24) is 4.98 Å². The van der Waals surface area contributed by atoms with Gasteiger partial charge in [0, 0.05) is 6.20 Å². The number of nitrogens with zero attached hydrogens (tertiary/aromatic N) is 1. The molecule has 0 aliphatic rings. The van der Waals surface area contributed by atoms with Gasteiger partial charge in [-0.25, -0.2) is 9.78 Å². The summed E-state index contributed by atoms with van der Waals surface area (Å²) in [5.74, 6) is -0.0694. The Morgan fingerprint density at radius 3 is 3.00 bits per heavy atom. The summed E-state index contributed by atoms with van der Waals surface area (Å²) in [4.78, 5) is 24.3. The van der Waals surface area contributed by atoms with Crippen LogP contribution in [0.2, 0.25) is 0 Å². The number of hydrogen-bond donors (Lipinski definition) is 1. The number of carbonyl (C=O) groups excluding carboxylic acids is 2. The molecule has 0 aliphatic heterocycles. The Bertz CT molecular complexity index is 311. The number of aldehydes is 1. The minimum absolute atomic E-state index is 0.0694. The van der Waals surface area contributed by atoms with Crippen LogP contribution in [0.15, 0.2) is 18.3 Å². The van der Waals surface area contributed by atoms with Gasteiger partial charge in [0.2, 0.25) is 5.88 Å². The molecule has 0 aromatic carbocycles. The fourth-order valence-corrected chi connectivity index (χ4v) is 0.674. The molecule has 0 atom stereocenters. The molecule has 0 spiro atoms. The molecular formula is C7H6N2O3. The average Bonchev–Trinajstić information content (AvgIpc) is 2.04. The molecule has 0 bridgehead atoms. The molecule has 0 aliphatic carbocycles. The summed E-state index contributed by atoms with van der Waals surface area (Å²) in [6, 6.07) is 3.02. The normalized spacial score (nSPS) is 9.00. The Hall–Kier alpha value is -1.91. The molecule has 0 saturated heterocycles. The maximum atomic E-state index is 10.3. The number of carbonyl (C=O) groups is 2. The predicted molar refractivity (Wildman–Crippen MR) is 39.8 cm³/mol. The van der Waals surface area contributed by atoms with Crippen LogP contribution in [-0.2, 0) is 0 Å². The van der Waals surface area contributed by atoms with Gasteiger partial charge < -0.3 is 10.5 Å². The van der Waals surface area contributed by atoms with E-state index in [0.29, 0.717) is 6.29 Å². The van der Waals surface area contributed by atoms with E-state index in [0.717, 1.165) is 0 Å². The maximum absolute atomic E-state index is 10.3. The fraction of sp³-hybridized carbons (Fsp3) is 0. The first-order valence-electron chi connectivity index (χ1n) is 3.11. The molecule has 1 heterocycles. The van der Waals surface area contributed by atoms with E-state index < -0.39 is 6.09 Å². The lowest BCUT2D eigenvalue weighted by atomic mass is 10.3. The van der Waals surface area contributed by atoms with E-state index in [-0.39, 0.29) is 11.4 Å². The number of nitrogens with two attached hydrogens (primary N) is 1. The number of primary amides is 1. The Morgan fingerprint density at radius 1 is 1.67 bits per heavy atom. The number of aromatic nitrogens is 1. The molecule has 5 nitrogen and oxygen atoms in total. The molecule has 0 fully saturated rings. The zero-order valence-electron chi connectivity index (χ0n) is 6.06. The number of amides is 1. The van der Waals surface area contributed by atoms with E-state index >= 15 is 0 Å². The SMILES string of the molecule is NC(=O)Oc1ncccc1C=O. The summed E-state index contributed by atoms with van der Waals surface area (Å²) in [5, 5.41) is 0. The standard InChI is InChI=1S/C7H6N2O3/c8-7(11)12-6-5(4-10)2-1-3-9-6/h1-4H,(H2,8,11). The summed E-state index contributed by atoms with van der Waals surface area (Å²) in [6.45, 7) is 0. The molecule has 0 saturated carbocycles. The molecule has 0 radical (unpaired) electrons. The van der Waals surface area contributed by atoms with Gasteiger partial charge in [0.25, 0.3) is 0 Å². The molecule has 2 N–H and O–H groups in total. The molecule has 1 aromatic heterocycles. The lowest BCUT2D eigenvalue weighted by Crippen LogP contribution is -2.17. The van der Waals surface area contributed by atoms with Crippen LogP contribution in [0, 0.1) is 0 Å². The Morgan fingerprint density at radius 2 is 2.42 bits per heavy atom. The quantitative estimate of drug-likeness (QED) is 0.642. The number of pyridine rings is 1. The number of ether oxygens (including phenoxy) is 1. The zero-order chi connectivity index (χ0) is 8.97. The van der Waals surface area contributed by atoms with Crippen LogP contribution < -0.4 is 10.5 Å². The first-order valence-corrected chi connectivity index (χ1v) is 3.11. The highest BCUT2D eigenvalue weighted by atomic mass is 16.6. The van der Waals surface area contributed by atoms with Crippen molar-refractivity contribution in [2.75, 3.05) is 0 Å². The highest BCUT2D eigenvalue weighted by Gasteiger charge is 2.05. The van der Waals surface area contributed by atoms with Crippen LogP contribution in [0.25, 0.3) is 0 Å². The van der Waals surface area contributed by atoms with Crippen LogP contribution in [0.5, 0.6) is 5.88 Å². The second-order valence-electron chi connectivity index (χ2n) is 1.94. The van der Waals surface area contributed by atoms with Crippen LogP contribution in [0.3, 0.4) is 0 Å². The zero-order valence-corrected chi connectivity index (χ0v) is 6.06. The molecule has 1 rings (SSSR count). The van der Waals surface area contributed by atoms with Gasteiger partial charge in [0.15, 0.2) is 6.29 Å². The summed E-state index contributed by atoms with van der Waals surface area (Å²) in [7, 11) is 0. The minimum atomic E-state index is -0.989. The molecule has 5 heteroatoms. The van der Waals surface area contributed by atoms with Crippen molar-refractivity contribution in [1.29, 1.82) is 0 Å². The molecule has 62 valence electrons. The second kappa shape index (κ2) is 3.47. The lowest BCUT2D eigenvalue weighted by Gasteiger charge is -2.00.